The van der Waals surface area contributed by atoms with Gasteiger partial charge in [-0.3, -0.25) is 9.59 Å². The Bertz CT molecular complexity index is 512. The summed E-state index contributed by atoms with van der Waals surface area (Å²) in [5.41, 5.74) is -2.27. The van der Waals surface area contributed by atoms with Gasteiger partial charge in [-0.05, 0) is 5.41 Å². The van der Waals surface area contributed by atoms with Gasteiger partial charge in [0.15, 0.2) is 5.78 Å². The van der Waals surface area contributed by atoms with Crippen molar-refractivity contribution in [2.75, 3.05) is 7.05 Å². The van der Waals surface area contributed by atoms with Crippen LogP contribution in [0.5, 0.6) is 0 Å². The summed E-state index contributed by atoms with van der Waals surface area (Å²) in [5, 5.41) is 0. The first-order chi connectivity index (χ1) is 8.04. The predicted molar refractivity (Wildman–Crippen MR) is 57.3 cm³/mol. The number of Topliss-reactive ketones (excluding diaryl/α,β-unsaturated/α-hetero) is 1. The molecule has 2 rings (SSSR count). The van der Waals surface area contributed by atoms with Gasteiger partial charge in [0, 0.05) is 13.5 Å². The molecule has 0 N–H and O–H groups in total. The number of carbonyl (C=O) groups excluding carboxylic acids is 2. The lowest BCUT2D eigenvalue weighted by Crippen LogP contribution is -2.28. The van der Waals surface area contributed by atoms with Gasteiger partial charge in [-0.2, -0.15) is 13.2 Å². The second kappa shape index (κ2) is 3.46. The maximum absolute atomic E-state index is 12.8. The number of allylic oxidation sites excluding steroid dienone is 2. The summed E-state index contributed by atoms with van der Waals surface area (Å²) in [5.74, 6) is -1.78. The van der Waals surface area contributed by atoms with Crippen LogP contribution in [0.2, 0.25) is 0 Å². The number of hydrogen-bond donors (Lipinski definition) is 0. The van der Waals surface area contributed by atoms with Gasteiger partial charge < -0.3 is 4.90 Å². The molecule has 1 heterocycles. The van der Waals surface area contributed by atoms with Crippen LogP contribution in [-0.4, -0.2) is 29.8 Å². The molecule has 0 radical (unpaired) electrons. The highest BCUT2D eigenvalue weighted by Crippen LogP contribution is 2.44. The Morgan fingerprint density at radius 3 is 2.33 bits per heavy atom. The lowest BCUT2D eigenvalue weighted by atomic mass is 9.78. The molecule has 0 fully saturated rings. The number of halogens is 3. The van der Waals surface area contributed by atoms with Crippen molar-refractivity contribution in [3.05, 3.63) is 22.9 Å². The highest BCUT2D eigenvalue weighted by atomic mass is 19.4. The number of ketones is 1. The molecule has 1 amide bonds. The molecule has 0 saturated carbocycles. The van der Waals surface area contributed by atoms with Gasteiger partial charge in [-0.25, -0.2) is 0 Å². The van der Waals surface area contributed by atoms with Gasteiger partial charge in [0.2, 0.25) is 0 Å². The zero-order valence-electron chi connectivity index (χ0n) is 10.2. The van der Waals surface area contributed by atoms with Gasteiger partial charge >= 0.3 is 6.18 Å². The maximum Gasteiger partial charge on any atom is 0.422 e. The molecule has 0 bridgehead atoms. The third-order valence-corrected chi connectivity index (χ3v) is 3.09. The molecule has 0 unspecified atom stereocenters. The number of alkyl halides is 3. The molecule has 1 aliphatic heterocycles. The number of fused-ring (bicyclic) bond motifs is 1. The van der Waals surface area contributed by atoms with Crippen LogP contribution in [0.3, 0.4) is 0 Å². The Morgan fingerprint density at radius 1 is 1.28 bits per heavy atom. The van der Waals surface area contributed by atoms with Crippen molar-refractivity contribution >= 4 is 11.7 Å². The van der Waals surface area contributed by atoms with Crippen molar-refractivity contribution in [2.24, 2.45) is 5.41 Å². The van der Waals surface area contributed by atoms with E-state index >= 15 is 0 Å². The van der Waals surface area contributed by atoms with E-state index in [1.54, 1.807) is 19.9 Å². The molecule has 98 valence electrons. The molecular formula is C12H12F3NO2. The Kier molecular flexibility index (Phi) is 2.47. The summed E-state index contributed by atoms with van der Waals surface area (Å²) < 4.78 is 38.5. The monoisotopic (exact) mass is 259 g/mol. The standard InChI is InChI=1S/C12H12F3NO2/c1-11(2)4-6-8(7(17)5-11)9(12(13,14)15)10(18)16(6)3/h4H,5H2,1-3H3. The Labute approximate surface area is 102 Å². The first-order valence-electron chi connectivity index (χ1n) is 5.40. The molecule has 0 saturated heterocycles. The molecule has 2 aliphatic rings. The van der Waals surface area contributed by atoms with E-state index < -0.39 is 34.4 Å². The second-order valence-electron chi connectivity index (χ2n) is 5.23. The number of carbonyl (C=O) groups is 2. The van der Waals surface area contributed by atoms with E-state index in [0.29, 0.717) is 0 Å². The molecule has 0 spiro atoms. The van der Waals surface area contributed by atoms with Gasteiger partial charge in [-0.15, -0.1) is 0 Å². The van der Waals surface area contributed by atoms with Crippen molar-refractivity contribution in [3.8, 4) is 0 Å². The molecule has 0 atom stereocenters. The smallest absolute Gasteiger partial charge is 0.311 e. The summed E-state index contributed by atoms with van der Waals surface area (Å²) in [6.07, 6.45) is -3.26. The number of hydrogen-bond acceptors (Lipinski definition) is 2. The predicted octanol–water partition coefficient (Wildman–Crippen LogP) is 2.20. The van der Waals surface area contributed by atoms with Crippen LogP contribution < -0.4 is 0 Å². The summed E-state index contributed by atoms with van der Waals surface area (Å²) in [6, 6.07) is 0. The average Bonchev–Trinajstić information content (AvgIpc) is 2.39. The topological polar surface area (TPSA) is 37.4 Å². The molecule has 6 heteroatoms. The zero-order chi connectivity index (χ0) is 13.9. The Morgan fingerprint density at radius 2 is 1.83 bits per heavy atom. The number of amides is 1. The zero-order valence-corrected chi connectivity index (χ0v) is 10.2. The first kappa shape index (κ1) is 12.9. The van der Waals surface area contributed by atoms with Crippen LogP contribution in [0.4, 0.5) is 13.2 Å². The number of rotatable bonds is 0. The Balaban J connectivity index is 2.70. The van der Waals surface area contributed by atoms with E-state index in [9.17, 15) is 22.8 Å². The number of nitrogens with zero attached hydrogens (tertiary/aromatic N) is 1. The molecular weight excluding hydrogens is 247 g/mol. The fourth-order valence-corrected chi connectivity index (χ4v) is 2.32. The van der Waals surface area contributed by atoms with E-state index in [1.807, 2.05) is 0 Å². The van der Waals surface area contributed by atoms with Crippen LogP contribution in [0, 0.1) is 5.41 Å². The Hall–Kier alpha value is -1.59. The van der Waals surface area contributed by atoms with Crippen LogP contribution >= 0.6 is 0 Å². The van der Waals surface area contributed by atoms with Crippen molar-refractivity contribution in [1.29, 1.82) is 0 Å². The normalized spacial score (nSPS) is 23.4. The molecule has 0 aromatic rings. The van der Waals surface area contributed by atoms with E-state index in [2.05, 4.69) is 0 Å². The highest BCUT2D eigenvalue weighted by Gasteiger charge is 2.51. The summed E-state index contributed by atoms with van der Waals surface area (Å²) in [6.45, 7) is 3.50. The molecule has 18 heavy (non-hydrogen) atoms. The van der Waals surface area contributed by atoms with Gasteiger partial charge in [0.1, 0.15) is 5.57 Å². The molecule has 0 aromatic carbocycles. The van der Waals surface area contributed by atoms with E-state index in [1.165, 1.54) is 7.05 Å². The van der Waals surface area contributed by atoms with E-state index in [4.69, 9.17) is 0 Å². The minimum Gasteiger partial charge on any atom is -0.311 e. The van der Waals surface area contributed by atoms with Crippen LogP contribution in [0.1, 0.15) is 20.3 Å². The van der Waals surface area contributed by atoms with Gasteiger partial charge in [0.25, 0.3) is 5.91 Å². The summed E-state index contributed by atoms with van der Waals surface area (Å²) >= 11 is 0. The fraction of sp³-hybridized carbons (Fsp3) is 0.500. The minimum absolute atomic E-state index is 0.0213. The van der Waals surface area contributed by atoms with E-state index in [-0.39, 0.29) is 12.1 Å². The van der Waals surface area contributed by atoms with E-state index in [0.717, 1.165) is 4.90 Å². The van der Waals surface area contributed by atoms with Gasteiger partial charge in [-0.1, -0.05) is 19.9 Å². The SMILES string of the molecule is CN1C(=O)C(C(F)(F)F)=C2C(=O)CC(C)(C)C=C21. The quantitative estimate of drug-likeness (QED) is 0.668. The largest absolute Gasteiger partial charge is 0.422 e. The third kappa shape index (κ3) is 1.76. The second-order valence-corrected chi connectivity index (χ2v) is 5.23. The molecule has 0 aromatic heterocycles. The lowest BCUT2D eigenvalue weighted by molar-refractivity contribution is -0.135. The van der Waals surface area contributed by atoms with Crippen molar-refractivity contribution in [3.63, 3.8) is 0 Å². The van der Waals surface area contributed by atoms with Crippen LogP contribution in [0.15, 0.2) is 22.9 Å². The fourth-order valence-electron chi connectivity index (χ4n) is 2.32. The molecule has 3 nitrogen and oxygen atoms in total. The lowest BCUT2D eigenvalue weighted by Gasteiger charge is -2.28. The highest BCUT2D eigenvalue weighted by molar-refractivity contribution is 6.15. The van der Waals surface area contributed by atoms with Crippen molar-refractivity contribution in [2.45, 2.75) is 26.4 Å². The van der Waals surface area contributed by atoms with Gasteiger partial charge in [0.05, 0.1) is 11.3 Å². The number of likely N-dealkylation sites (N-methyl/N-ethyl adjacent to an activating group) is 1. The maximum atomic E-state index is 12.8. The van der Waals surface area contributed by atoms with Crippen LogP contribution in [0.25, 0.3) is 0 Å². The first-order valence-corrected chi connectivity index (χ1v) is 5.40. The molecule has 1 aliphatic carbocycles. The summed E-state index contributed by atoms with van der Waals surface area (Å²) in [7, 11) is 1.25. The summed E-state index contributed by atoms with van der Waals surface area (Å²) in [4.78, 5) is 24.4. The minimum atomic E-state index is -4.80. The average molecular weight is 259 g/mol. The van der Waals surface area contributed by atoms with Crippen LogP contribution in [-0.2, 0) is 9.59 Å². The van der Waals surface area contributed by atoms with Crippen molar-refractivity contribution in [1.82, 2.24) is 4.90 Å². The third-order valence-electron chi connectivity index (χ3n) is 3.09. The van der Waals surface area contributed by atoms with Crippen molar-refractivity contribution < 1.29 is 22.8 Å².